The van der Waals surface area contributed by atoms with Crippen LogP contribution in [0.1, 0.15) is 17.1 Å². The van der Waals surface area contributed by atoms with Gasteiger partial charge in [0.2, 0.25) is 0 Å². The van der Waals surface area contributed by atoms with Gasteiger partial charge in [0.05, 0.1) is 16.2 Å². The molecule has 0 unspecified atom stereocenters. The first-order valence-corrected chi connectivity index (χ1v) is 6.44. The number of rotatable bonds is 1. The fraction of sp³-hybridized carbons (Fsp3) is 0.200. The van der Waals surface area contributed by atoms with Crippen molar-refractivity contribution >= 4 is 22.5 Å². The molecule has 0 atom stereocenters. The molecular weight excluding hydrogens is 260 g/mol. The lowest BCUT2D eigenvalue weighted by Gasteiger charge is -2.05. The van der Waals surface area contributed by atoms with Gasteiger partial charge >= 0.3 is 0 Å². The standard InChI is InChI=1S/C15H13ClN2O/c1-8-6-13(16)12-7-11(4-5-14(12)17-8)15-9(2)18-19-10(15)3/h4-7H,1-3H3. The minimum Gasteiger partial charge on any atom is -0.361 e. The molecule has 2 aromatic heterocycles. The molecule has 96 valence electrons. The Balaban J connectivity index is 2.28. The monoisotopic (exact) mass is 272 g/mol. The lowest BCUT2D eigenvalue weighted by atomic mass is 10.0. The highest BCUT2D eigenvalue weighted by Crippen LogP contribution is 2.31. The van der Waals surface area contributed by atoms with E-state index in [1.807, 2.05) is 45.0 Å². The molecule has 1 aromatic carbocycles. The van der Waals surface area contributed by atoms with E-state index in [9.17, 15) is 0 Å². The molecule has 0 N–H and O–H groups in total. The van der Waals surface area contributed by atoms with Crippen LogP contribution in [0.5, 0.6) is 0 Å². The number of hydrogen-bond acceptors (Lipinski definition) is 3. The van der Waals surface area contributed by atoms with E-state index in [4.69, 9.17) is 16.1 Å². The summed E-state index contributed by atoms with van der Waals surface area (Å²) >= 11 is 6.30. The quantitative estimate of drug-likeness (QED) is 0.656. The number of pyridine rings is 1. The second-order valence-electron chi connectivity index (χ2n) is 4.68. The van der Waals surface area contributed by atoms with E-state index in [1.165, 1.54) is 0 Å². The van der Waals surface area contributed by atoms with Crippen molar-refractivity contribution in [1.29, 1.82) is 0 Å². The third-order valence-electron chi connectivity index (χ3n) is 3.21. The van der Waals surface area contributed by atoms with Gasteiger partial charge in [0, 0.05) is 16.6 Å². The highest BCUT2D eigenvalue weighted by Gasteiger charge is 2.12. The Bertz CT molecular complexity index is 758. The fourth-order valence-electron chi connectivity index (χ4n) is 2.36. The van der Waals surface area contributed by atoms with E-state index in [-0.39, 0.29) is 0 Å². The Morgan fingerprint density at radius 1 is 1.11 bits per heavy atom. The van der Waals surface area contributed by atoms with E-state index < -0.39 is 0 Å². The summed E-state index contributed by atoms with van der Waals surface area (Å²) in [6, 6.07) is 7.92. The Morgan fingerprint density at radius 3 is 2.58 bits per heavy atom. The Morgan fingerprint density at radius 2 is 1.89 bits per heavy atom. The van der Waals surface area contributed by atoms with Gasteiger partial charge in [0.25, 0.3) is 0 Å². The molecule has 2 heterocycles. The number of fused-ring (bicyclic) bond motifs is 1. The number of halogens is 1. The minimum atomic E-state index is 0.719. The van der Waals surface area contributed by atoms with Crippen LogP contribution in [0.3, 0.4) is 0 Å². The van der Waals surface area contributed by atoms with Crippen LogP contribution in [-0.2, 0) is 0 Å². The van der Waals surface area contributed by atoms with Crippen LogP contribution in [0.25, 0.3) is 22.0 Å². The number of aromatic nitrogens is 2. The largest absolute Gasteiger partial charge is 0.361 e. The summed E-state index contributed by atoms with van der Waals surface area (Å²) in [4.78, 5) is 4.48. The molecule has 0 radical (unpaired) electrons. The first-order valence-electron chi connectivity index (χ1n) is 6.06. The van der Waals surface area contributed by atoms with E-state index in [0.29, 0.717) is 0 Å². The van der Waals surface area contributed by atoms with Crippen molar-refractivity contribution in [1.82, 2.24) is 10.1 Å². The third kappa shape index (κ3) is 2.00. The van der Waals surface area contributed by atoms with Gasteiger partial charge in [-0.1, -0.05) is 22.8 Å². The Kier molecular flexibility index (Phi) is 2.79. The molecule has 0 bridgehead atoms. The molecule has 0 aliphatic heterocycles. The molecular formula is C15H13ClN2O. The lowest BCUT2D eigenvalue weighted by molar-refractivity contribution is 0.393. The summed E-state index contributed by atoms with van der Waals surface area (Å²) in [5.74, 6) is 0.813. The highest BCUT2D eigenvalue weighted by molar-refractivity contribution is 6.35. The van der Waals surface area contributed by atoms with Gasteiger partial charge < -0.3 is 4.52 Å². The van der Waals surface area contributed by atoms with Crippen molar-refractivity contribution in [2.24, 2.45) is 0 Å². The van der Waals surface area contributed by atoms with Crippen molar-refractivity contribution in [3.05, 3.63) is 46.4 Å². The molecule has 0 amide bonds. The summed E-state index contributed by atoms with van der Waals surface area (Å²) in [5, 5.41) is 5.65. The molecule has 0 spiro atoms. The van der Waals surface area contributed by atoms with Gasteiger partial charge in [-0.3, -0.25) is 4.98 Å². The van der Waals surface area contributed by atoms with Crippen molar-refractivity contribution in [3.63, 3.8) is 0 Å². The first-order chi connectivity index (χ1) is 9.06. The molecule has 0 saturated carbocycles. The van der Waals surface area contributed by atoms with Crippen LogP contribution in [-0.4, -0.2) is 10.1 Å². The van der Waals surface area contributed by atoms with E-state index in [0.717, 1.165) is 44.2 Å². The number of benzene rings is 1. The van der Waals surface area contributed by atoms with Gasteiger partial charge in [-0.25, -0.2) is 0 Å². The van der Waals surface area contributed by atoms with Crippen LogP contribution in [0.15, 0.2) is 28.8 Å². The molecule has 4 heteroatoms. The van der Waals surface area contributed by atoms with Crippen molar-refractivity contribution in [2.45, 2.75) is 20.8 Å². The van der Waals surface area contributed by atoms with Crippen LogP contribution in [0, 0.1) is 20.8 Å². The summed E-state index contributed by atoms with van der Waals surface area (Å²) < 4.78 is 5.21. The zero-order valence-corrected chi connectivity index (χ0v) is 11.7. The summed E-state index contributed by atoms with van der Waals surface area (Å²) in [6.45, 7) is 5.78. The zero-order chi connectivity index (χ0) is 13.6. The van der Waals surface area contributed by atoms with E-state index in [2.05, 4.69) is 10.1 Å². The number of hydrogen-bond donors (Lipinski definition) is 0. The predicted octanol–water partition coefficient (Wildman–Crippen LogP) is 4.47. The highest BCUT2D eigenvalue weighted by atomic mass is 35.5. The topological polar surface area (TPSA) is 38.9 Å². The second kappa shape index (κ2) is 4.35. The SMILES string of the molecule is Cc1cc(Cl)c2cc(-c3c(C)noc3C)ccc2n1. The molecule has 0 aliphatic carbocycles. The number of aryl methyl sites for hydroxylation is 3. The van der Waals surface area contributed by atoms with E-state index >= 15 is 0 Å². The normalized spacial score (nSPS) is 11.2. The van der Waals surface area contributed by atoms with Gasteiger partial charge in [0.15, 0.2) is 0 Å². The second-order valence-corrected chi connectivity index (χ2v) is 5.08. The maximum Gasteiger partial charge on any atom is 0.141 e. The van der Waals surface area contributed by atoms with Gasteiger partial charge in [-0.2, -0.15) is 0 Å². The van der Waals surface area contributed by atoms with Crippen molar-refractivity contribution in [2.75, 3.05) is 0 Å². The van der Waals surface area contributed by atoms with Gasteiger partial charge in [-0.05, 0) is 44.5 Å². The third-order valence-corrected chi connectivity index (χ3v) is 3.52. The predicted molar refractivity (Wildman–Crippen MR) is 76.5 cm³/mol. The summed E-state index contributed by atoms with van der Waals surface area (Å²) in [6.07, 6.45) is 0. The molecule has 0 fully saturated rings. The van der Waals surface area contributed by atoms with Gasteiger partial charge in [-0.15, -0.1) is 0 Å². The van der Waals surface area contributed by atoms with Crippen molar-refractivity contribution < 1.29 is 4.52 Å². The van der Waals surface area contributed by atoms with Crippen molar-refractivity contribution in [3.8, 4) is 11.1 Å². The van der Waals surface area contributed by atoms with E-state index in [1.54, 1.807) is 0 Å². The van der Waals surface area contributed by atoms with Crippen LogP contribution >= 0.6 is 11.6 Å². The first kappa shape index (κ1) is 12.2. The average molecular weight is 273 g/mol. The lowest BCUT2D eigenvalue weighted by Crippen LogP contribution is -1.87. The smallest absolute Gasteiger partial charge is 0.141 e. The zero-order valence-electron chi connectivity index (χ0n) is 11.0. The molecule has 0 saturated heterocycles. The van der Waals surface area contributed by atoms with Crippen LogP contribution < -0.4 is 0 Å². The van der Waals surface area contributed by atoms with Gasteiger partial charge in [0.1, 0.15) is 5.76 Å². The molecule has 3 nitrogen and oxygen atoms in total. The molecule has 19 heavy (non-hydrogen) atoms. The molecule has 0 aliphatic rings. The summed E-state index contributed by atoms with van der Waals surface area (Å²) in [7, 11) is 0. The van der Waals surface area contributed by atoms with Crippen LogP contribution in [0.2, 0.25) is 5.02 Å². The molecule has 3 rings (SSSR count). The fourth-order valence-corrected chi connectivity index (χ4v) is 2.67. The average Bonchev–Trinajstić information content (AvgIpc) is 2.69. The molecule has 3 aromatic rings. The Hall–Kier alpha value is -1.87. The number of nitrogens with zero attached hydrogens (tertiary/aromatic N) is 2. The summed E-state index contributed by atoms with van der Waals surface area (Å²) in [5.41, 5.74) is 4.78. The minimum absolute atomic E-state index is 0.719. The van der Waals surface area contributed by atoms with Crippen LogP contribution in [0.4, 0.5) is 0 Å². The maximum absolute atomic E-state index is 6.30. The maximum atomic E-state index is 6.30. The Labute approximate surface area is 116 Å².